The number of allylic oxidation sites excluding steroid dienone is 2. The van der Waals surface area contributed by atoms with Crippen molar-refractivity contribution in [1.82, 2.24) is 0 Å². The van der Waals surface area contributed by atoms with E-state index in [2.05, 4.69) is 111 Å². The van der Waals surface area contributed by atoms with Gasteiger partial charge in [0.15, 0.2) is 0 Å². The predicted octanol–water partition coefficient (Wildman–Crippen LogP) is 17.4. The third-order valence-electron chi connectivity index (χ3n) is 20.9. The highest BCUT2D eigenvalue weighted by molar-refractivity contribution is 7.09. The van der Waals surface area contributed by atoms with Crippen molar-refractivity contribution in [2.45, 2.75) is 153 Å². The Morgan fingerprint density at radius 2 is 0.754 bits per heavy atom. The van der Waals surface area contributed by atoms with Gasteiger partial charge in [-0.3, -0.25) is 0 Å². The lowest BCUT2D eigenvalue weighted by Gasteiger charge is -2.55. The van der Waals surface area contributed by atoms with E-state index in [1.165, 1.54) is 140 Å². The van der Waals surface area contributed by atoms with E-state index in [9.17, 15) is 0 Å². The first-order valence-corrected chi connectivity index (χ1v) is 30.5. The van der Waals surface area contributed by atoms with Crippen LogP contribution in [0.5, 0.6) is 0 Å². The van der Waals surface area contributed by atoms with Crippen LogP contribution >= 0.6 is 0 Å². The van der Waals surface area contributed by atoms with E-state index < -0.39 is 8.07 Å². The van der Waals surface area contributed by atoms with Gasteiger partial charge in [0.2, 0.25) is 0 Å². The molecule has 0 heterocycles. The lowest BCUT2D eigenvalue weighted by atomic mass is 9.50. The molecule has 4 aromatic carbocycles. The molecule has 8 bridgehead atoms. The zero-order chi connectivity index (χ0) is 43.0. The van der Waals surface area contributed by atoms with Crippen molar-refractivity contribution in [3.63, 3.8) is 0 Å². The van der Waals surface area contributed by atoms with Crippen LogP contribution in [0.4, 0.5) is 0 Å². The molecule has 12 aliphatic carbocycles. The summed E-state index contributed by atoms with van der Waals surface area (Å²) in [4.78, 5) is 0. The molecule has 0 nitrogen and oxygen atoms in total. The Bertz CT molecular complexity index is 2350. The summed E-state index contributed by atoms with van der Waals surface area (Å²) in [5.41, 5.74) is 19.4. The molecule has 65 heavy (non-hydrogen) atoms. The van der Waals surface area contributed by atoms with Crippen LogP contribution < -0.4 is 0 Å². The molecule has 0 aliphatic heterocycles. The van der Waals surface area contributed by atoms with Crippen molar-refractivity contribution < 1.29 is 0 Å². The number of fused-ring (bicyclic) bond motifs is 2. The number of hydrogen-bond acceptors (Lipinski definition) is 0. The zero-order valence-corrected chi connectivity index (χ0v) is 40.8. The van der Waals surface area contributed by atoms with Gasteiger partial charge in [-0.05, 0) is 214 Å². The van der Waals surface area contributed by atoms with Gasteiger partial charge in [-0.15, -0.1) is 0 Å². The number of rotatable bonds is 10. The molecule has 1 heteroatoms. The second-order valence-electron chi connectivity index (χ2n) is 25.1. The van der Waals surface area contributed by atoms with Crippen molar-refractivity contribution in [2.24, 2.45) is 59.2 Å². The number of benzene rings is 4. The first-order valence-electron chi connectivity index (χ1n) is 27.5. The summed E-state index contributed by atoms with van der Waals surface area (Å²) in [7, 11) is -2.41. The third-order valence-corrected chi connectivity index (χ3v) is 24.5. The summed E-state index contributed by atoms with van der Waals surface area (Å²) in [6.07, 6.45) is 34.2. The Kier molecular flexibility index (Phi) is 9.89. The maximum atomic E-state index is 2.84. The molecule has 10 saturated carbocycles. The summed E-state index contributed by atoms with van der Waals surface area (Å²) >= 11 is 0. The van der Waals surface area contributed by atoms with Crippen LogP contribution in [-0.2, 0) is 0 Å². The average molecular weight is 871 g/mol. The fourth-order valence-electron chi connectivity index (χ4n) is 19.1. The molecule has 4 aromatic rings. The predicted molar refractivity (Wildman–Crippen MR) is 275 cm³/mol. The Labute approximate surface area is 393 Å². The molecule has 0 amide bonds. The van der Waals surface area contributed by atoms with Crippen LogP contribution in [0.1, 0.15) is 174 Å². The minimum Gasteiger partial charge on any atom is -0.0619 e. The van der Waals surface area contributed by atoms with Gasteiger partial charge in [-0.1, -0.05) is 161 Å². The highest BCUT2D eigenvalue weighted by Crippen LogP contribution is 2.64. The normalized spacial score (nSPS) is 33.6. The van der Waals surface area contributed by atoms with E-state index in [-0.39, 0.29) is 0 Å². The smallest absolute Gasteiger partial charge is 0.0619 e. The minimum atomic E-state index is -2.41. The van der Waals surface area contributed by atoms with Gasteiger partial charge < -0.3 is 0 Å². The van der Waals surface area contributed by atoms with Crippen molar-refractivity contribution in [1.29, 1.82) is 0 Å². The van der Waals surface area contributed by atoms with E-state index in [1.807, 2.05) is 0 Å². The average Bonchev–Trinajstić information content (AvgIpc) is 4.14. The molecule has 0 saturated heterocycles. The molecular weight excluding hydrogens is 797 g/mol. The molecular formula is C64H74Si. The Morgan fingerprint density at radius 3 is 1.14 bits per heavy atom. The Morgan fingerprint density at radius 1 is 0.400 bits per heavy atom. The SMILES string of the molecule is C[Si](C)(C1=C(CC2CCCC2)[CH]c2cccc(-c3ccccc3C3C4CC5CC(C4)CC3C5)c21)C1=C(CC2CCCC2)[CH]c2cccc(-c3ccccc3C3C4CC5CC(C4)CC3C5)c21. The Balaban J connectivity index is 0.941. The van der Waals surface area contributed by atoms with Crippen molar-refractivity contribution in [3.05, 3.63) is 142 Å². The molecule has 0 unspecified atom stereocenters. The molecule has 2 radical (unpaired) electrons. The van der Waals surface area contributed by atoms with Gasteiger partial charge in [0, 0.05) is 12.8 Å². The summed E-state index contributed by atoms with van der Waals surface area (Å²) in [6, 6.07) is 35.0. The lowest BCUT2D eigenvalue weighted by Crippen LogP contribution is -2.43. The second kappa shape index (κ2) is 15.8. The topological polar surface area (TPSA) is 0 Å². The molecule has 16 rings (SSSR count). The van der Waals surface area contributed by atoms with E-state index in [0.717, 1.165) is 71.0 Å². The van der Waals surface area contributed by atoms with Crippen LogP contribution in [0.2, 0.25) is 13.1 Å². The quantitative estimate of drug-likeness (QED) is 0.139. The monoisotopic (exact) mass is 871 g/mol. The minimum absolute atomic E-state index is 0.727. The van der Waals surface area contributed by atoms with Crippen LogP contribution in [0.25, 0.3) is 32.6 Å². The van der Waals surface area contributed by atoms with E-state index in [1.54, 1.807) is 66.0 Å². The zero-order valence-electron chi connectivity index (χ0n) is 39.8. The molecule has 12 aliphatic rings. The maximum absolute atomic E-state index is 2.84. The summed E-state index contributed by atoms with van der Waals surface area (Å²) < 4.78 is 0. The summed E-state index contributed by atoms with van der Waals surface area (Å²) in [5.74, 6) is 10.6. The van der Waals surface area contributed by atoms with E-state index in [0.29, 0.717) is 0 Å². The lowest BCUT2D eigenvalue weighted by molar-refractivity contribution is -0.00266. The molecule has 334 valence electrons. The molecule has 10 fully saturated rings. The van der Waals surface area contributed by atoms with Crippen molar-refractivity contribution in [3.8, 4) is 22.3 Å². The molecule has 0 spiro atoms. The van der Waals surface area contributed by atoms with Gasteiger partial charge in [-0.2, -0.15) is 0 Å². The summed E-state index contributed by atoms with van der Waals surface area (Å²) in [6.45, 7) is 5.68. The van der Waals surface area contributed by atoms with Crippen LogP contribution in [-0.4, -0.2) is 8.07 Å². The fourth-order valence-corrected chi connectivity index (χ4v) is 23.1. The van der Waals surface area contributed by atoms with Gasteiger partial charge in [0.05, 0.1) is 0 Å². The third kappa shape index (κ3) is 6.67. The second-order valence-corrected chi connectivity index (χ2v) is 29.3. The van der Waals surface area contributed by atoms with Crippen molar-refractivity contribution >= 4 is 18.5 Å². The highest BCUT2D eigenvalue weighted by atomic mass is 28.3. The van der Waals surface area contributed by atoms with E-state index in [4.69, 9.17) is 0 Å². The van der Waals surface area contributed by atoms with Gasteiger partial charge in [-0.25, -0.2) is 0 Å². The first kappa shape index (κ1) is 40.6. The molecule has 0 atom stereocenters. The van der Waals surface area contributed by atoms with Crippen LogP contribution in [0.3, 0.4) is 0 Å². The van der Waals surface area contributed by atoms with Gasteiger partial charge >= 0.3 is 0 Å². The number of hydrogen-bond donors (Lipinski definition) is 0. The fraction of sp³-hybridized carbons (Fsp3) is 0.531. The molecule has 0 aromatic heterocycles. The van der Waals surface area contributed by atoms with Gasteiger partial charge in [0.25, 0.3) is 0 Å². The largest absolute Gasteiger partial charge is 0.113 e. The first-order chi connectivity index (χ1) is 31.9. The van der Waals surface area contributed by atoms with Gasteiger partial charge in [0.1, 0.15) is 8.07 Å². The van der Waals surface area contributed by atoms with Crippen molar-refractivity contribution in [2.75, 3.05) is 0 Å². The summed E-state index contributed by atoms with van der Waals surface area (Å²) in [5, 5.41) is 3.61. The molecule has 0 N–H and O–H groups in total. The van der Waals surface area contributed by atoms with Crippen LogP contribution in [0, 0.1) is 72.0 Å². The van der Waals surface area contributed by atoms with Crippen LogP contribution in [0.15, 0.2) is 96.1 Å². The highest BCUT2D eigenvalue weighted by Gasteiger charge is 2.52. The maximum Gasteiger partial charge on any atom is 0.113 e. The standard InChI is InChI=1S/C64H74Si/c1-65(2,63-51(27-39-13-3-4-14-39)37-45-17-11-23-57(61(45)63)53-19-7-9-21-55(53)59-47-29-41-25-42(31-47)32-48(59)30-41)64-52(28-40-15-5-6-16-40)38-46-18-12-24-58(62(46)64)54-20-8-10-22-56(54)60-49-33-43-26-44(35-49)36-50(60)34-43/h7-12,17-24,37-44,47-50,59-60H,3-6,13-16,25-36H2,1-2H3. The Hall–Kier alpha value is -3.42. The van der Waals surface area contributed by atoms with E-state index >= 15 is 0 Å².